The van der Waals surface area contributed by atoms with Gasteiger partial charge in [0.25, 0.3) is 5.91 Å². The molecule has 1 atom stereocenters. The third-order valence-electron chi connectivity index (χ3n) is 3.76. The molecular formula is C16H23BrClN3O3. The molecule has 0 radical (unpaired) electrons. The number of nitrogens with zero attached hydrogens (tertiary/aromatic N) is 1. The third-order valence-corrected chi connectivity index (χ3v) is 4.29. The lowest BCUT2D eigenvalue weighted by Gasteiger charge is -2.32. The van der Waals surface area contributed by atoms with Crippen LogP contribution in [-0.4, -0.2) is 49.5 Å². The van der Waals surface area contributed by atoms with Crippen LogP contribution in [0.25, 0.3) is 0 Å². The molecule has 1 aliphatic heterocycles. The van der Waals surface area contributed by atoms with Crippen molar-refractivity contribution in [1.29, 1.82) is 0 Å². The molecule has 1 unspecified atom stereocenters. The van der Waals surface area contributed by atoms with E-state index in [1.54, 1.807) is 17.0 Å². The molecule has 134 valence electrons. The summed E-state index contributed by atoms with van der Waals surface area (Å²) in [6.45, 7) is 1.99. The number of rotatable bonds is 6. The molecule has 1 aliphatic rings. The molecule has 1 fully saturated rings. The van der Waals surface area contributed by atoms with E-state index in [0.717, 1.165) is 17.3 Å². The Balaban J connectivity index is 0.00000288. The molecule has 1 aromatic carbocycles. The van der Waals surface area contributed by atoms with Gasteiger partial charge in [-0.05, 0) is 37.1 Å². The number of carbonyl (C=O) groups excluding carboxylic acids is 2. The molecule has 0 aliphatic carbocycles. The van der Waals surface area contributed by atoms with Gasteiger partial charge in [0.05, 0.1) is 5.92 Å². The van der Waals surface area contributed by atoms with Crippen molar-refractivity contribution in [2.45, 2.75) is 12.8 Å². The van der Waals surface area contributed by atoms with E-state index in [4.69, 9.17) is 10.5 Å². The summed E-state index contributed by atoms with van der Waals surface area (Å²) in [4.78, 5) is 26.0. The lowest BCUT2D eigenvalue weighted by Crippen LogP contribution is -2.47. The number of halogens is 2. The predicted molar refractivity (Wildman–Crippen MR) is 98.3 cm³/mol. The number of likely N-dealkylation sites (tertiary alicyclic amines) is 1. The molecule has 1 heterocycles. The number of hydrogen-bond acceptors (Lipinski definition) is 4. The summed E-state index contributed by atoms with van der Waals surface area (Å²) in [5.41, 5.74) is 5.39. The maximum Gasteiger partial charge on any atom is 0.260 e. The molecule has 24 heavy (non-hydrogen) atoms. The first-order valence-corrected chi connectivity index (χ1v) is 8.53. The fourth-order valence-electron chi connectivity index (χ4n) is 2.52. The maximum absolute atomic E-state index is 12.3. The van der Waals surface area contributed by atoms with Gasteiger partial charge in [-0.3, -0.25) is 9.59 Å². The maximum atomic E-state index is 12.3. The number of carbonyl (C=O) groups is 2. The largest absolute Gasteiger partial charge is 0.484 e. The van der Waals surface area contributed by atoms with Gasteiger partial charge in [0.2, 0.25) is 5.91 Å². The summed E-state index contributed by atoms with van der Waals surface area (Å²) in [6.07, 6.45) is 1.62. The molecule has 0 saturated carbocycles. The summed E-state index contributed by atoms with van der Waals surface area (Å²) in [5, 5.41) is 2.79. The Bertz CT molecular complexity index is 542. The Morgan fingerprint density at radius 3 is 2.71 bits per heavy atom. The second-order valence-electron chi connectivity index (χ2n) is 5.50. The van der Waals surface area contributed by atoms with Crippen LogP contribution < -0.4 is 15.8 Å². The smallest absolute Gasteiger partial charge is 0.260 e. The Kier molecular flexibility index (Phi) is 9.10. The van der Waals surface area contributed by atoms with Crippen LogP contribution in [0, 0.1) is 5.92 Å². The van der Waals surface area contributed by atoms with E-state index < -0.39 is 0 Å². The number of ether oxygens (including phenoxy) is 1. The van der Waals surface area contributed by atoms with Crippen LogP contribution in [0.5, 0.6) is 5.75 Å². The van der Waals surface area contributed by atoms with E-state index >= 15 is 0 Å². The number of nitrogens with two attached hydrogens (primary N) is 1. The van der Waals surface area contributed by atoms with Crippen LogP contribution in [0.2, 0.25) is 0 Å². The predicted octanol–water partition coefficient (Wildman–Crippen LogP) is 1.56. The molecule has 0 aromatic heterocycles. The topological polar surface area (TPSA) is 84.7 Å². The zero-order valence-corrected chi connectivity index (χ0v) is 15.8. The minimum atomic E-state index is -0.160. The zero-order valence-electron chi connectivity index (χ0n) is 13.4. The van der Waals surface area contributed by atoms with Gasteiger partial charge in [-0.15, -0.1) is 12.4 Å². The molecule has 6 nitrogen and oxygen atoms in total. The lowest BCUT2D eigenvalue weighted by atomic mass is 9.97. The fraction of sp³-hybridized carbons (Fsp3) is 0.500. The quantitative estimate of drug-likeness (QED) is 0.731. The summed E-state index contributed by atoms with van der Waals surface area (Å²) in [6, 6.07) is 7.32. The number of hydrogen-bond donors (Lipinski definition) is 2. The highest BCUT2D eigenvalue weighted by Gasteiger charge is 2.28. The van der Waals surface area contributed by atoms with Crippen molar-refractivity contribution < 1.29 is 14.3 Å². The SMILES string of the molecule is Cl.NCCNC(=O)C1CCCN(C(=O)COc2ccc(Br)cc2)C1. The molecule has 0 spiro atoms. The Morgan fingerprint density at radius 2 is 2.04 bits per heavy atom. The zero-order chi connectivity index (χ0) is 16.7. The molecule has 8 heteroatoms. The van der Waals surface area contributed by atoms with Crippen LogP contribution in [0.1, 0.15) is 12.8 Å². The molecule has 0 bridgehead atoms. The first-order valence-electron chi connectivity index (χ1n) is 7.74. The molecule has 1 saturated heterocycles. The van der Waals surface area contributed by atoms with Crippen molar-refractivity contribution in [2.24, 2.45) is 11.7 Å². The van der Waals surface area contributed by atoms with E-state index in [1.807, 2.05) is 12.1 Å². The normalized spacial score (nSPS) is 16.9. The van der Waals surface area contributed by atoms with Crippen molar-refractivity contribution in [3.63, 3.8) is 0 Å². The van der Waals surface area contributed by atoms with Crippen LogP contribution in [0.15, 0.2) is 28.7 Å². The Morgan fingerprint density at radius 1 is 1.33 bits per heavy atom. The van der Waals surface area contributed by atoms with Gasteiger partial charge in [-0.1, -0.05) is 15.9 Å². The molecule has 1 aromatic rings. The molecule has 2 rings (SSSR count). The van der Waals surface area contributed by atoms with Gasteiger partial charge < -0.3 is 20.7 Å². The fourth-order valence-corrected chi connectivity index (χ4v) is 2.79. The average Bonchev–Trinajstić information content (AvgIpc) is 2.59. The van der Waals surface area contributed by atoms with Crippen molar-refractivity contribution >= 4 is 40.2 Å². The Hall–Kier alpha value is -1.31. The first kappa shape index (κ1) is 20.7. The highest BCUT2D eigenvalue weighted by Crippen LogP contribution is 2.18. The van der Waals surface area contributed by atoms with Crippen molar-refractivity contribution in [3.8, 4) is 5.75 Å². The van der Waals surface area contributed by atoms with Crippen LogP contribution in [-0.2, 0) is 9.59 Å². The van der Waals surface area contributed by atoms with Gasteiger partial charge in [-0.2, -0.15) is 0 Å². The third kappa shape index (κ3) is 6.30. The average molecular weight is 421 g/mol. The van der Waals surface area contributed by atoms with Crippen LogP contribution in [0.4, 0.5) is 0 Å². The van der Waals surface area contributed by atoms with Gasteiger partial charge in [-0.25, -0.2) is 0 Å². The molecule has 2 amide bonds. The number of benzene rings is 1. The van der Waals surface area contributed by atoms with Crippen LogP contribution >= 0.6 is 28.3 Å². The van der Waals surface area contributed by atoms with Crippen LogP contribution in [0.3, 0.4) is 0 Å². The minimum Gasteiger partial charge on any atom is -0.484 e. The van der Waals surface area contributed by atoms with Gasteiger partial charge in [0, 0.05) is 30.7 Å². The van der Waals surface area contributed by atoms with E-state index in [0.29, 0.717) is 31.9 Å². The highest BCUT2D eigenvalue weighted by molar-refractivity contribution is 9.10. The number of nitrogens with one attached hydrogen (secondary N) is 1. The highest BCUT2D eigenvalue weighted by atomic mass is 79.9. The van der Waals surface area contributed by atoms with Crippen molar-refractivity contribution in [2.75, 3.05) is 32.8 Å². The molecular weight excluding hydrogens is 398 g/mol. The number of piperidine rings is 1. The molecule has 3 N–H and O–H groups in total. The van der Waals surface area contributed by atoms with E-state index in [2.05, 4.69) is 21.2 Å². The summed E-state index contributed by atoms with van der Waals surface area (Å²) in [5.74, 6) is 0.369. The standard InChI is InChI=1S/C16H22BrN3O3.ClH/c17-13-3-5-14(6-4-13)23-11-15(21)20-9-1-2-12(10-20)16(22)19-8-7-18;/h3-6,12H,1-2,7-11,18H2,(H,19,22);1H. The number of amides is 2. The minimum absolute atomic E-state index is 0. The second-order valence-corrected chi connectivity index (χ2v) is 6.42. The van der Waals surface area contributed by atoms with Gasteiger partial charge >= 0.3 is 0 Å². The first-order chi connectivity index (χ1) is 11.1. The Labute approximate surface area is 156 Å². The second kappa shape index (κ2) is 10.5. The van der Waals surface area contributed by atoms with Gasteiger partial charge in [0.15, 0.2) is 6.61 Å². The summed E-state index contributed by atoms with van der Waals surface area (Å²) >= 11 is 3.35. The van der Waals surface area contributed by atoms with E-state index in [-0.39, 0.29) is 36.7 Å². The monoisotopic (exact) mass is 419 g/mol. The van der Waals surface area contributed by atoms with Crippen molar-refractivity contribution in [1.82, 2.24) is 10.2 Å². The van der Waals surface area contributed by atoms with E-state index in [9.17, 15) is 9.59 Å². The van der Waals surface area contributed by atoms with Gasteiger partial charge in [0.1, 0.15) is 5.75 Å². The summed E-state index contributed by atoms with van der Waals surface area (Å²) in [7, 11) is 0. The summed E-state index contributed by atoms with van der Waals surface area (Å²) < 4.78 is 6.46. The lowest BCUT2D eigenvalue weighted by molar-refractivity contribution is -0.137. The van der Waals surface area contributed by atoms with E-state index in [1.165, 1.54) is 0 Å². The van der Waals surface area contributed by atoms with Crippen molar-refractivity contribution in [3.05, 3.63) is 28.7 Å².